The van der Waals surface area contributed by atoms with Crippen molar-refractivity contribution in [2.75, 3.05) is 0 Å². The Kier molecular flexibility index (Phi) is 19.6. The van der Waals surface area contributed by atoms with E-state index in [-0.39, 0.29) is 0 Å². The second-order valence-corrected chi connectivity index (χ2v) is 31.9. The van der Waals surface area contributed by atoms with Crippen LogP contribution >= 0.6 is 0 Å². The van der Waals surface area contributed by atoms with Crippen LogP contribution in [0.3, 0.4) is 0 Å². The molecular formula is C117H76N12. The lowest BCUT2D eigenvalue weighted by Gasteiger charge is -2.14. The van der Waals surface area contributed by atoms with Gasteiger partial charge in [0.15, 0.2) is 52.4 Å². The number of benzene rings is 19. The van der Waals surface area contributed by atoms with Gasteiger partial charge in [0.1, 0.15) is 0 Å². The molecule has 0 amide bonds. The Hall–Kier alpha value is -17.6. The summed E-state index contributed by atoms with van der Waals surface area (Å²) in [5.41, 5.74) is 21.4. The van der Waals surface area contributed by atoms with Crippen LogP contribution in [0.2, 0.25) is 0 Å². The lowest BCUT2D eigenvalue weighted by atomic mass is 10.0. The van der Waals surface area contributed by atoms with Gasteiger partial charge in [0.2, 0.25) is 0 Å². The minimum Gasteiger partial charge on any atom is -0.309 e. The average molecular weight is 1650 g/mol. The summed E-state index contributed by atoms with van der Waals surface area (Å²) in [6.07, 6.45) is 0. The summed E-state index contributed by atoms with van der Waals surface area (Å²) in [7, 11) is 0. The molecule has 0 spiro atoms. The van der Waals surface area contributed by atoms with Crippen molar-refractivity contribution >= 4 is 97.7 Å². The maximum absolute atomic E-state index is 4.96. The molecular weight excluding hydrogens is 1570 g/mol. The Morgan fingerprint density at radius 2 is 0.426 bits per heavy atom. The molecule has 0 aliphatic heterocycles. The molecule has 12 nitrogen and oxygen atoms in total. The standard InChI is InChI=1S/C43H28N4.2C37H24N4/c1-4-13-29(14-5-1)36-21-12-22-37-38-28-25-30-15-10-11-20-35(30)40(38)47(39(36)37)34-26-23-33(24-27-34)43-45-41(31-16-6-2-7-17-31)44-42(46-43)32-18-8-3-9-19-32;1-3-12-26(13-4-1)35-38-36(27-14-5-2-6-15-27)40-37(39-35)28-19-22-29(23-20-28)41-32-18-10-9-17-31(32)34-30-16-8-7-11-25(30)21-24-33(34)41;1-3-11-25(12-4-1)35-38-36(26-13-5-2-6-14-26)40-37(39-35)27-19-21-30(22-20-27)41-33-18-10-9-17-31(33)32-23-28-15-7-8-16-29(28)24-34(32)41/h1-28H;2*1-24H. The number of rotatable bonds is 13. The number of para-hydroxylation sites is 3. The van der Waals surface area contributed by atoms with Crippen LogP contribution in [0.4, 0.5) is 0 Å². The van der Waals surface area contributed by atoms with Crippen LogP contribution in [-0.4, -0.2) is 58.6 Å². The molecule has 0 aliphatic rings. The maximum atomic E-state index is 4.96. The van der Waals surface area contributed by atoms with Gasteiger partial charge in [0.25, 0.3) is 0 Å². The summed E-state index contributed by atoms with van der Waals surface area (Å²) in [4.78, 5) is 44.0. The van der Waals surface area contributed by atoms with Crippen molar-refractivity contribution in [2.45, 2.75) is 0 Å². The zero-order chi connectivity index (χ0) is 85.5. The van der Waals surface area contributed by atoms with Crippen molar-refractivity contribution in [1.82, 2.24) is 58.6 Å². The van der Waals surface area contributed by atoms with Crippen LogP contribution in [0.5, 0.6) is 0 Å². The molecule has 0 radical (unpaired) electrons. The second kappa shape index (κ2) is 33.2. The van der Waals surface area contributed by atoms with E-state index in [2.05, 4.69) is 293 Å². The first-order valence-electron chi connectivity index (χ1n) is 43.2. The Labute approximate surface area is 743 Å². The molecule has 0 saturated heterocycles. The highest BCUT2D eigenvalue weighted by molar-refractivity contribution is 6.23. The van der Waals surface area contributed by atoms with Gasteiger partial charge < -0.3 is 13.7 Å². The first-order valence-corrected chi connectivity index (χ1v) is 43.2. The van der Waals surface area contributed by atoms with Gasteiger partial charge in [0.05, 0.1) is 33.1 Å². The van der Waals surface area contributed by atoms with Crippen molar-refractivity contribution in [1.29, 1.82) is 0 Å². The molecule has 0 saturated carbocycles. The average Bonchev–Trinajstić information content (AvgIpc) is 1.33. The summed E-state index contributed by atoms with van der Waals surface area (Å²) in [5.74, 6) is 5.89. The van der Waals surface area contributed by atoms with Gasteiger partial charge in [-0.3, -0.25) is 0 Å². The van der Waals surface area contributed by atoms with E-state index in [0.29, 0.717) is 52.4 Å². The van der Waals surface area contributed by atoms with Crippen LogP contribution in [0.25, 0.3) is 228 Å². The van der Waals surface area contributed by atoms with Crippen molar-refractivity contribution in [3.05, 3.63) is 461 Å². The zero-order valence-electron chi connectivity index (χ0n) is 69.7. The maximum Gasteiger partial charge on any atom is 0.164 e. The fourth-order valence-electron chi connectivity index (χ4n) is 18.0. The Morgan fingerprint density at radius 1 is 0.140 bits per heavy atom. The fraction of sp³-hybridized carbons (Fsp3) is 0. The molecule has 604 valence electrons. The molecule has 129 heavy (non-hydrogen) atoms. The zero-order valence-corrected chi connectivity index (χ0v) is 69.7. The topological polar surface area (TPSA) is 131 Å². The number of aromatic nitrogens is 12. The van der Waals surface area contributed by atoms with Gasteiger partial charge in [0, 0.05) is 110 Å². The van der Waals surface area contributed by atoms with E-state index in [4.69, 9.17) is 44.9 Å². The highest BCUT2D eigenvalue weighted by atomic mass is 15.1. The van der Waals surface area contributed by atoms with Crippen LogP contribution in [0, 0.1) is 0 Å². The van der Waals surface area contributed by atoms with E-state index in [0.717, 1.165) is 67.1 Å². The Bertz CT molecular complexity index is 8130. The fourth-order valence-corrected chi connectivity index (χ4v) is 18.0. The van der Waals surface area contributed by atoms with E-state index >= 15 is 0 Å². The Morgan fingerprint density at radius 3 is 0.845 bits per heavy atom. The van der Waals surface area contributed by atoms with E-state index < -0.39 is 0 Å². The first-order chi connectivity index (χ1) is 64.0. The molecule has 6 heterocycles. The third-order valence-corrected chi connectivity index (χ3v) is 24.1. The van der Waals surface area contributed by atoms with Gasteiger partial charge in [-0.15, -0.1) is 0 Å². The summed E-state index contributed by atoms with van der Waals surface area (Å²) in [5, 5.41) is 14.9. The number of fused-ring (bicyclic) bond motifs is 14. The molecule has 0 bridgehead atoms. The second-order valence-electron chi connectivity index (χ2n) is 31.9. The summed E-state index contributed by atoms with van der Waals surface area (Å²) >= 11 is 0. The van der Waals surface area contributed by atoms with Crippen molar-refractivity contribution in [2.24, 2.45) is 0 Å². The van der Waals surface area contributed by atoms with Crippen LogP contribution in [0.1, 0.15) is 0 Å². The van der Waals surface area contributed by atoms with Gasteiger partial charge >= 0.3 is 0 Å². The van der Waals surface area contributed by atoms with Gasteiger partial charge in [-0.2, -0.15) is 0 Å². The summed E-state index contributed by atoms with van der Waals surface area (Å²) in [6.45, 7) is 0. The minimum atomic E-state index is 0.641. The van der Waals surface area contributed by atoms with E-state index in [1.54, 1.807) is 0 Å². The molecule has 12 heteroatoms. The molecule has 0 atom stereocenters. The number of hydrogen-bond acceptors (Lipinski definition) is 9. The highest BCUT2D eigenvalue weighted by Gasteiger charge is 2.23. The molecule has 0 fully saturated rings. The normalized spacial score (nSPS) is 11.4. The smallest absolute Gasteiger partial charge is 0.164 e. The largest absolute Gasteiger partial charge is 0.309 e. The molecule has 25 rings (SSSR count). The van der Waals surface area contributed by atoms with Crippen molar-refractivity contribution < 1.29 is 0 Å². The van der Waals surface area contributed by atoms with Crippen LogP contribution in [-0.2, 0) is 0 Å². The lowest BCUT2D eigenvalue weighted by molar-refractivity contribution is 1.07. The Balaban J connectivity index is 0.000000111. The lowest BCUT2D eigenvalue weighted by Crippen LogP contribution is -2.00. The monoisotopic (exact) mass is 1650 g/mol. The van der Waals surface area contributed by atoms with Gasteiger partial charge in [-0.1, -0.05) is 358 Å². The predicted octanol–water partition coefficient (Wildman–Crippen LogP) is 29.0. The highest BCUT2D eigenvalue weighted by Crippen LogP contribution is 2.44. The van der Waals surface area contributed by atoms with Gasteiger partial charge in [-0.05, 0) is 136 Å². The third-order valence-electron chi connectivity index (χ3n) is 24.1. The third kappa shape index (κ3) is 14.5. The van der Waals surface area contributed by atoms with Crippen molar-refractivity contribution in [3.63, 3.8) is 0 Å². The first kappa shape index (κ1) is 76.3. The quantitative estimate of drug-likeness (QED) is 0.111. The molecule has 0 unspecified atom stereocenters. The number of hydrogen-bond donors (Lipinski definition) is 0. The SMILES string of the molecule is c1ccc(-c2nc(-c3ccccc3)nc(-c3ccc(-n4c5c(-c6ccccc6)cccc5c5ccc6ccccc6c54)cc3)n2)cc1.c1ccc(-c2nc(-c3ccccc3)nc(-c3ccc(-n4c5ccccc5c5c6ccccc6ccc54)cc3)n2)cc1.c1ccc(-c2nc(-c3ccccc3)nc(-c3ccc(-n4c5ccccc5c5cc6ccccc6cc54)cc3)n2)cc1. The van der Waals surface area contributed by atoms with Gasteiger partial charge in [-0.25, -0.2) is 44.9 Å². The minimum absolute atomic E-state index is 0.641. The van der Waals surface area contributed by atoms with Crippen molar-refractivity contribution in [3.8, 4) is 131 Å². The van der Waals surface area contributed by atoms with Crippen LogP contribution in [0.15, 0.2) is 461 Å². The molecule has 0 aliphatic carbocycles. The predicted molar refractivity (Wildman–Crippen MR) is 529 cm³/mol. The molecule has 25 aromatic rings. The number of nitrogens with zero attached hydrogens (tertiary/aromatic N) is 12. The van der Waals surface area contributed by atoms with E-state index in [1.165, 1.54) is 109 Å². The molecule has 0 N–H and O–H groups in total. The molecule has 19 aromatic carbocycles. The van der Waals surface area contributed by atoms with E-state index in [1.807, 2.05) is 182 Å². The van der Waals surface area contributed by atoms with Crippen LogP contribution < -0.4 is 0 Å². The summed E-state index contributed by atoms with van der Waals surface area (Å²) in [6, 6.07) is 160. The van der Waals surface area contributed by atoms with E-state index in [9.17, 15) is 0 Å². The summed E-state index contributed by atoms with van der Waals surface area (Å²) < 4.78 is 7.12. The molecule has 6 aromatic heterocycles.